The molecule has 0 radical (unpaired) electrons. The van der Waals surface area contributed by atoms with Crippen molar-refractivity contribution >= 4 is 17.9 Å². The minimum atomic E-state index is -1.49. The number of hydrogen-bond acceptors (Lipinski definition) is 14. The molecule has 10 atom stereocenters. The Balaban J connectivity index is 1.53. The summed E-state index contributed by atoms with van der Waals surface area (Å²) in [6.07, 6.45) is -4.96. The van der Waals surface area contributed by atoms with Crippen molar-refractivity contribution < 1.29 is 66.5 Å². The minimum Gasteiger partial charge on any atom is -0.452 e. The summed E-state index contributed by atoms with van der Waals surface area (Å²) in [5.41, 5.74) is 0.591. The number of benzene rings is 3. The Morgan fingerprint density at radius 2 is 0.900 bits per heavy atom. The van der Waals surface area contributed by atoms with E-state index in [0.717, 1.165) is 0 Å². The van der Waals surface area contributed by atoms with Gasteiger partial charge < -0.3 is 52.1 Å². The lowest BCUT2D eigenvalue weighted by Gasteiger charge is -2.47. The lowest BCUT2D eigenvalue weighted by Crippen LogP contribution is -2.64. The first-order valence-electron chi connectivity index (χ1n) is 19.4. The van der Waals surface area contributed by atoms with Crippen molar-refractivity contribution in [3.63, 3.8) is 0 Å². The van der Waals surface area contributed by atoms with Crippen LogP contribution in [0, 0.1) is 0 Å². The molecule has 2 aliphatic heterocycles. The van der Waals surface area contributed by atoms with Crippen molar-refractivity contribution in [3.05, 3.63) is 158 Å². The Kier molecular flexibility index (Phi) is 18.4. The van der Waals surface area contributed by atoms with Crippen LogP contribution in [0.2, 0.25) is 0 Å². The number of ether oxygens (including phenoxy) is 11. The van der Waals surface area contributed by atoms with Gasteiger partial charge in [0.1, 0.15) is 30.5 Å². The van der Waals surface area contributed by atoms with E-state index in [9.17, 15) is 14.4 Å². The molecule has 0 N–H and O–H groups in total. The van der Waals surface area contributed by atoms with Crippen LogP contribution in [0.25, 0.3) is 0 Å². The van der Waals surface area contributed by atoms with Crippen molar-refractivity contribution in [2.24, 2.45) is 0 Å². The minimum absolute atomic E-state index is 0.0603. The summed E-state index contributed by atoms with van der Waals surface area (Å²) in [7, 11) is 1.33. The molecule has 0 aromatic heterocycles. The van der Waals surface area contributed by atoms with Crippen LogP contribution in [-0.4, -0.2) is 126 Å². The molecule has 0 amide bonds. The number of rotatable bonds is 23. The zero-order valence-corrected chi connectivity index (χ0v) is 33.5. The van der Waals surface area contributed by atoms with Crippen LogP contribution in [0.4, 0.5) is 0 Å². The fraction of sp³-hybridized carbons (Fsp3) is 0.370. The molecule has 0 saturated carbocycles. The van der Waals surface area contributed by atoms with Crippen LogP contribution in [0.3, 0.4) is 0 Å². The summed E-state index contributed by atoms with van der Waals surface area (Å²) >= 11 is 0. The van der Waals surface area contributed by atoms with Gasteiger partial charge in [-0.2, -0.15) is 0 Å². The molecule has 2 saturated heterocycles. The molecule has 320 valence electrons. The van der Waals surface area contributed by atoms with E-state index in [0.29, 0.717) is 0 Å². The van der Waals surface area contributed by atoms with Crippen molar-refractivity contribution in [1.82, 2.24) is 0 Å². The fourth-order valence-corrected chi connectivity index (χ4v) is 6.61. The first-order valence-corrected chi connectivity index (χ1v) is 19.4. The van der Waals surface area contributed by atoms with Crippen molar-refractivity contribution in [1.29, 1.82) is 0 Å². The van der Waals surface area contributed by atoms with Gasteiger partial charge in [-0.15, -0.1) is 26.3 Å². The molecule has 3 aromatic rings. The highest BCUT2D eigenvalue weighted by Crippen LogP contribution is 2.34. The molecule has 3 aromatic carbocycles. The summed E-state index contributed by atoms with van der Waals surface area (Å²) in [5.74, 6) is -2.34. The van der Waals surface area contributed by atoms with E-state index >= 15 is 0 Å². The third kappa shape index (κ3) is 12.4. The van der Waals surface area contributed by atoms with Gasteiger partial charge >= 0.3 is 17.9 Å². The third-order valence-corrected chi connectivity index (χ3v) is 9.33. The maximum Gasteiger partial charge on any atom is 0.338 e. The average molecular weight is 829 g/mol. The van der Waals surface area contributed by atoms with Crippen LogP contribution in [0.15, 0.2) is 142 Å². The van der Waals surface area contributed by atoms with Crippen molar-refractivity contribution in [3.8, 4) is 0 Å². The maximum absolute atomic E-state index is 13.9. The van der Waals surface area contributed by atoms with Gasteiger partial charge in [-0.05, 0) is 36.4 Å². The second-order valence-corrected chi connectivity index (χ2v) is 13.4. The quantitative estimate of drug-likeness (QED) is 0.0498. The summed E-state index contributed by atoms with van der Waals surface area (Å²) in [5, 5.41) is 0. The molecule has 5 rings (SSSR count). The van der Waals surface area contributed by atoms with E-state index < -0.39 is 79.3 Å². The molecular formula is C46H52O14. The molecule has 14 heteroatoms. The Hall–Kier alpha value is -5.29. The van der Waals surface area contributed by atoms with E-state index in [1.54, 1.807) is 115 Å². The highest BCUT2D eigenvalue weighted by molar-refractivity contribution is 5.91. The number of esters is 3. The van der Waals surface area contributed by atoms with E-state index in [2.05, 4.69) is 26.3 Å². The SMILES string of the molecule is C=CCOC[C@H]1O[C@@H](OC[C@H]2O[C@H](OC)[C@H](OC(=O)c3ccccc3)[C@@H](OC(=O)c3ccccc3)[C@@H]2OC(=O)c2ccccc2)[C@H](OCC=C)[C@@H](OCC=C)[C@@H]1OCC=C. The molecule has 0 unspecified atom stereocenters. The zero-order chi connectivity index (χ0) is 42.7. The van der Waals surface area contributed by atoms with Crippen LogP contribution in [-0.2, 0) is 52.1 Å². The van der Waals surface area contributed by atoms with Crippen LogP contribution >= 0.6 is 0 Å². The monoisotopic (exact) mass is 828 g/mol. The third-order valence-electron chi connectivity index (χ3n) is 9.33. The largest absolute Gasteiger partial charge is 0.452 e. The van der Waals surface area contributed by atoms with Crippen LogP contribution in [0.1, 0.15) is 31.1 Å². The topological polar surface area (TPSA) is 153 Å². The van der Waals surface area contributed by atoms with Gasteiger partial charge in [-0.3, -0.25) is 0 Å². The second-order valence-electron chi connectivity index (χ2n) is 13.4. The molecule has 60 heavy (non-hydrogen) atoms. The summed E-state index contributed by atoms with van der Waals surface area (Å²) < 4.78 is 67.9. The predicted molar refractivity (Wildman–Crippen MR) is 218 cm³/mol. The summed E-state index contributed by atoms with van der Waals surface area (Å²) in [4.78, 5) is 41.3. The maximum atomic E-state index is 13.9. The standard InChI is InChI=1S/C46H52O14/c1-6-25-51-29-34-36(52-26-7-2)38(53-27-8-3)40(54-28-9-4)46(57-34)55-30-35-37(58-42(47)31-19-13-10-14-20-31)39(59-43(48)32-21-15-11-16-22-32)41(45(50-5)56-35)60-44(49)33-23-17-12-18-24-33/h6-24,34-41,45-46H,1-4,25-30H2,5H3/t34-,35-,36-,37-,38+,39+,40-,41-,45+,46-/m1/s1. The Morgan fingerprint density at radius 1 is 0.483 bits per heavy atom. The molecular weight excluding hydrogens is 776 g/mol. The second kappa shape index (κ2) is 24.1. The van der Waals surface area contributed by atoms with Gasteiger partial charge in [0.2, 0.25) is 0 Å². The Morgan fingerprint density at radius 3 is 1.38 bits per heavy atom. The van der Waals surface area contributed by atoms with Gasteiger partial charge in [0, 0.05) is 7.11 Å². The first-order chi connectivity index (χ1) is 29.3. The van der Waals surface area contributed by atoms with Crippen molar-refractivity contribution in [2.75, 3.05) is 46.8 Å². The molecule has 0 spiro atoms. The number of hydrogen-bond donors (Lipinski definition) is 0. The zero-order valence-electron chi connectivity index (χ0n) is 33.5. The number of methoxy groups -OCH3 is 1. The molecule has 2 fully saturated rings. The molecule has 14 nitrogen and oxygen atoms in total. The molecule has 2 heterocycles. The van der Waals surface area contributed by atoms with E-state index in [-0.39, 0.29) is 56.3 Å². The molecule has 2 aliphatic rings. The first kappa shape index (κ1) is 45.8. The molecule has 0 bridgehead atoms. The number of carbonyl (C=O) groups is 3. The van der Waals surface area contributed by atoms with Crippen LogP contribution in [0.5, 0.6) is 0 Å². The lowest BCUT2D eigenvalue weighted by atomic mass is 9.97. The van der Waals surface area contributed by atoms with Gasteiger partial charge in [-0.1, -0.05) is 78.9 Å². The number of carbonyl (C=O) groups excluding carboxylic acids is 3. The van der Waals surface area contributed by atoms with Crippen LogP contribution < -0.4 is 0 Å². The molecule has 0 aliphatic carbocycles. The van der Waals surface area contributed by atoms with Crippen molar-refractivity contribution in [2.45, 2.75) is 61.4 Å². The highest BCUT2D eigenvalue weighted by atomic mass is 16.8. The smallest absolute Gasteiger partial charge is 0.338 e. The highest BCUT2D eigenvalue weighted by Gasteiger charge is 2.54. The Labute approximate surface area is 350 Å². The van der Waals surface area contributed by atoms with E-state index in [1.165, 1.54) is 7.11 Å². The summed E-state index contributed by atoms with van der Waals surface area (Å²) in [6.45, 7) is 15.4. The van der Waals surface area contributed by atoms with Gasteiger partial charge in [-0.25, -0.2) is 14.4 Å². The fourth-order valence-electron chi connectivity index (χ4n) is 6.61. The predicted octanol–water partition coefficient (Wildman–Crippen LogP) is 5.69. The van der Waals surface area contributed by atoms with Gasteiger partial charge in [0.15, 0.2) is 30.9 Å². The van der Waals surface area contributed by atoms with E-state index in [1.807, 2.05) is 0 Å². The summed E-state index contributed by atoms with van der Waals surface area (Å²) in [6, 6.07) is 24.6. The normalized spacial score (nSPS) is 26.2. The van der Waals surface area contributed by atoms with E-state index in [4.69, 9.17) is 52.1 Å². The van der Waals surface area contributed by atoms with Gasteiger partial charge in [0.25, 0.3) is 0 Å². The lowest BCUT2D eigenvalue weighted by molar-refractivity contribution is -0.337. The van der Waals surface area contributed by atoms with Gasteiger partial charge in [0.05, 0.1) is 56.3 Å². The Bertz CT molecular complexity index is 1820. The average Bonchev–Trinajstić information content (AvgIpc) is 3.28.